The van der Waals surface area contributed by atoms with Crippen molar-refractivity contribution >= 4 is 6.41 Å². The van der Waals surface area contributed by atoms with E-state index in [9.17, 15) is 4.79 Å². The maximum absolute atomic E-state index is 9.81. The predicted octanol–water partition coefficient (Wildman–Crippen LogP) is -0.0988. The van der Waals surface area contributed by atoms with E-state index in [4.69, 9.17) is 0 Å². The highest BCUT2D eigenvalue weighted by Crippen LogP contribution is 1.86. The minimum Gasteiger partial charge on any atom is -0.299 e. The number of hydrogen-bond donors (Lipinski definition) is 1. The van der Waals surface area contributed by atoms with Gasteiger partial charge in [-0.1, -0.05) is 0 Å². The Morgan fingerprint density at radius 3 is 2.75 bits per heavy atom. The van der Waals surface area contributed by atoms with Gasteiger partial charge in [-0.05, 0) is 12.2 Å². The molecule has 1 radical (unpaired) electrons. The van der Waals surface area contributed by atoms with Crippen LogP contribution in [0.15, 0.2) is 24.6 Å². The van der Waals surface area contributed by atoms with Crippen molar-refractivity contribution in [2.24, 2.45) is 0 Å². The Bertz CT molecular complexity index is 139. The Hall–Kier alpha value is -1.25. The van der Waals surface area contributed by atoms with Crippen LogP contribution >= 0.6 is 0 Å². The summed E-state index contributed by atoms with van der Waals surface area (Å²) < 4.78 is 0. The molecule has 1 N–H and O–H groups in total. The van der Waals surface area contributed by atoms with E-state index in [1.807, 2.05) is 0 Å². The van der Waals surface area contributed by atoms with Crippen LogP contribution in [0.4, 0.5) is 0 Å². The summed E-state index contributed by atoms with van der Waals surface area (Å²) in [6, 6.07) is 0. The van der Waals surface area contributed by atoms with Gasteiger partial charge in [-0.25, -0.2) is 5.01 Å². The Morgan fingerprint density at radius 1 is 1.50 bits per heavy atom. The van der Waals surface area contributed by atoms with Gasteiger partial charge in [0.25, 0.3) is 0 Å². The number of nitrogens with zero attached hydrogens (tertiary/aromatic N) is 1. The summed E-state index contributed by atoms with van der Waals surface area (Å²) in [5, 5.41) is 1.19. The lowest BCUT2D eigenvalue weighted by molar-refractivity contribution is 0.416. The zero-order chi connectivity index (χ0) is 5.82. The largest absolute Gasteiger partial charge is 0.336 e. The molecule has 1 heterocycles. The molecule has 0 aromatic carbocycles. The van der Waals surface area contributed by atoms with Crippen LogP contribution in [0.2, 0.25) is 0 Å². The van der Waals surface area contributed by atoms with Crippen LogP contribution in [0.1, 0.15) is 0 Å². The van der Waals surface area contributed by atoms with Gasteiger partial charge in [0.15, 0.2) is 0 Å². The van der Waals surface area contributed by atoms with E-state index in [1.54, 1.807) is 31.0 Å². The van der Waals surface area contributed by atoms with E-state index in [0.29, 0.717) is 0 Å². The first-order valence-electron chi connectivity index (χ1n) is 2.20. The van der Waals surface area contributed by atoms with Gasteiger partial charge in [-0.3, -0.25) is 10.2 Å². The van der Waals surface area contributed by atoms with Crippen molar-refractivity contribution in [1.82, 2.24) is 10.4 Å². The molecule has 1 rings (SSSR count). The van der Waals surface area contributed by atoms with Crippen LogP contribution in [0.25, 0.3) is 0 Å². The standard InChI is InChI=1S/C5H5N2O/c8-5-7-4-2-1-3-6-7/h1-4,6H. The maximum atomic E-state index is 9.81. The monoisotopic (exact) mass is 109 g/mol. The highest BCUT2D eigenvalue weighted by Gasteiger charge is 1.92. The SMILES string of the molecule is O=[C]N1C=CC=CN1. The van der Waals surface area contributed by atoms with E-state index >= 15 is 0 Å². The van der Waals surface area contributed by atoms with E-state index in [0.717, 1.165) is 0 Å². The molecular formula is C5H5N2O. The van der Waals surface area contributed by atoms with Crippen LogP contribution < -0.4 is 5.43 Å². The van der Waals surface area contributed by atoms with E-state index < -0.39 is 0 Å². The summed E-state index contributed by atoms with van der Waals surface area (Å²) in [5.41, 5.74) is 2.61. The molecule has 1 amide bonds. The second kappa shape index (κ2) is 2.16. The Labute approximate surface area is 47.3 Å². The molecule has 0 atom stereocenters. The highest BCUT2D eigenvalue weighted by molar-refractivity contribution is 5.49. The van der Waals surface area contributed by atoms with Crippen LogP contribution in [-0.2, 0) is 4.79 Å². The van der Waals surface area contributed by atoms with E-state index in [2.05, 4.69) is 5.43 Å². The van der Waals surface area contributed by atoms with Crippen LogP contribution in [0, 0.1) is 0 Å². The molecular weight excluding hydrogens is 104 g/mol. The van der Waals surface area contributed by atoms with Gasteiger partial charge >= 0.3 is 6.41 Å². The Kier molecular flexibility index (Phi) is 1.32. The lowest BCUT2D eigenvalue weighted by Gasteiger charge is -2.11. The third kappa shape index (κ3) is 0.872. The zero-order valence-corrected chi connectivity index (χ0v) is 4.16. The first-order chi connectivity index (χ1) is 3.93. The van der Waals surface area contributed by atoms with Crippen LogP contribution in [-0.4, -0.2) is 11.4 Å². The number of nitrogens with one attached hydrogen (secondary N) is 1. The third-order valence-electron chi connectivity index (χ3n) is 0.754. The summed E-state index contributed by atoms with van der Waals surface area (Å²) >= 11 is 0. The molecule has 1 aliphatic heterocycles. The van der Waals surface area contributed by atoms with Crippen molar-refractivity contribution in [3.05, 3.63) is 24.6 Å². The topological polar surface area (TPSA) is 32.3 Å². The molecule has 3 heteroatoms. The molecule has 0 spiro atoms. The molecule has 3 nitrogen and oxygen atoms in total. The molecule has 0 saturated heterocycles. The predicted molar refractivity (Wildman–Crippen MR) is 28.9 cm³/mol. The first kappa shape index (κ1) is 4.90. The summed E-state index contributed by atoms with van der Waals surface area (Å²) in [6.07, 6.45) is 8.38. The zero-order valence-electron chi connectivity index (χ0n) is 4.16. The summed E-state index contributed by atoms with van der Waals surface area (Å²) in [4.78, 5) is 9.81. The van der Waals surface area contributed by atoms with Gasteiger partial charge in [-0.15, -0.1) is 0 Å². The fraction of sp³-hybridized carbons (Fsp3) is 0. The summed E-state index contributed by atoms with van der Waals surface area (Å²) in [6.45, 7) is 0. The molecule has 0 bridgehead atoms. The smallest absolute Gasteiger partial charge is 0.299 e. The van der Waals surface area contributed by atoms with Crippen LogP contribution in [0.3, 0.4) is 0 Å². The molecule has 0 aromatic rings. The molecule has 41 valence electrons. The fourth-order valence-electron chi connectivity index (χ4n) is 0.414. The number of allylic oxidation sites excluding steroid dienone is 2. The fourth-order valence-corrected chi connectivity index (χ4v) is 0.414. The average molecular weight is 109 g/mol. The maximum Gasteiger partial charge on any atom is 0.336 e. The van der Waals surface area contributed by atoms with Crippen molar-refractivity contribution < 1.29 is 4.79 Å². The molecule has 0 fully saturated rings. The van der Waals surface area contributed by atoms with Gasteiger partial charge in [0.2, 0.25) is 0 Å². The van der Waals surface area contributed by atoms with Crippen LogP contribution in [0.5, 0.6) is 0 Å². The van der Waals surface area contributed by atoms with Crippen molar-refractivity contribution in [3.8, 4) is 0 Å². The van der Waals surface area contributed by atoms with Gasteiger partial charge < -0.3 is 0 Å². The molecule has 0 aliphatic carbocycles. The van der Waals surface area contributed by atoms with Crippen molar-refractivity contribution in [2.45, 2.75) is 0 Å². The summed E-state index contributed by atoms with van der Waals surface area (Å²) in [7, 11) is 0. The number of hydrazine groups is 1. The van der Waals surface area contributed by atoms with Gasteiger partial charge in [0.1, 0.15) is 0 Å². The molecule has 0 unspecified atom stereocenters. The van der Waals surface area contributed by atoms with Crippen molar-refractivity contribution in [3.63, 3.8) is 0 Å². The molecule has 1 aliphatic rings. The Balaban J connectivity index is 2.51. The van der Waals surface area contributed by atoms with E-state index in [1.165, 1.54) is 5.01 Å². The normalized spacial score (nSPS) is 15.8. The first-order valence-corrected chi connectivity index (χ1v) is 2.20. The quantitative estimate of drug-likeness (QED) is 0.510. The van der Waals surface area contributed by atoms with Crippen molar-refractivity contribution in [1.29, 1.82) is 0 Å². The Morgan fingerprint density at radius 2 is 2.38 bits per heavy atom. The van der Waals surface area contributed by atoms with Crippen molar-refractivity contribution in [2.75, 3.05) is 0 Å². The minimum atomic E-state index is 1.19. The third-order valence-corrected chi connectivity index (χ3v) is 0.754. The number of amides is 1. The second-order valence-electron chi connectivity index (χ2n) is 1.29. The highest BCUT2D eigenvalue weighted by atomic mass is 16.1. The lowest BCUT2D eigenvalue weighted by Crippen LogP contribution is -2.28. The second-order valence-corrected chi connectivity index (χ2v) is 1.29. The van der Waals surface area contributed by atoms with Gasteiger partial charge in [-0.2, -0.15) is 0 Å². The average Bonchev–Trinajstić information content (AvgIpc) is 1.90. The van der Waals surface area contributed by atoms with Gasteiger partial charge in [0.05, 0.1) is 0 Å². The van der Waals surface area contributed by atoms with E-state index in [-0.39, 0.29) is 0 Å². The molecule has 8 heavy (non-hydrogen) atoms. The number of carbonyl (C=O) groups excluding carboxylic acids is 1. The number of hydrogen-bond acceptors (Lipinski definition) is 2. The number of rotatable bonds is 1. The lowest BCUT2D eigenvalue weighted by atomic mass is 10.5. The molecule has 0 saturated carbocycles. The summed E-state index contributed by atoms with van der Waals surface area (Å²) in [5.74, 6) is 0. The molecule has 0 aromatic heterocycles. The van der Waals surface area contributed by atoms with Gasteiger partial charge in [0, 0.05) is 12.4 Å². The minimum absolute atomic E-state index is 1.19.